The molecule has 1 aliphatic carbocycles. The van der Waals surface area contributed by atoms with Crippen molar-refractivity contribution in [2.75, 3.05) is 14.2 Å². The molecule has 2 aromatic heterocycles. The summed E-state index contributed by atoms with van der Waals surface area (Å²) in [5.41, 5.74) is 5.63. The summed E-state index contributed by atoms with van der Waals surface area (Å²) in [6.07, 6.45) is 2.86. The first-order chi connectivity index (χ1) is 15.6. The molecule has 0 saturated heterocycles. The monoisotopic (exact) mass is 447 g/mol. The van der Waals surface area contributed by atoms with E-state index in [0.717, 1.165) is 33.8 Å². The van der Waals surface area contributed by atoms with Crippen LogP contribution in [-0.4, -0.2) is 34.6 Å². The highest BCUT2D eigenvalue weighted by Crippen LogP contribution is 2.38. The molecule has 6 nitrogen and oxygen atoms in total. The molecule has 0 amide bonds. The summed E-state index contributed by atoms with van der Waals surface area (Å²) >= 11 is 6.26. The second kappa shape index (κ2) is 8.37. The van der Waals surface area contributed by atoms with E-state index in [1.54, 1.807) is 24.9 Å². The predicted molar refractivity (Wildman–Crippen MR) is 123 cm³/mol. The Hall–Kier alpha value is -3.22. The van der Waals surface area contributed by atoms with E-state index in [2.05, 4.69) is 5.10 Å². The van der Waals surface area contributed by atoms with Crippen LogP contribution in [0.3, 0.4) is 0 Å². The minimum absolute atomic E-state index is 0.0112. The maximum absolute atomic E-state index is 13.1. The van der Waals surface area contributed by atoms with Gasteiger partial charge in [-0.3, -0.25) is 4.79 Å². The molecule has 0 aliphatic heterocycles. The second-order valence-corrected chi connectivity index (χ2v) is 8.34. The molecule has 7 heteroatoms. The number of hydrogen-bond acceptors (Lipinski definition) is 5. The fraction of sp³-hybridized carbons (Fsp3) is 0.240. The summed E-state index contributed by atoms with van der Waals surface area (Å²) in [7, 11) is 3.28. The Morgan fingerprint density at radius 1 is 1.12 bits per heavy atom. The topological polar surface area (TPSA) is 65.7 Å². The van der Waals surface area contributed by atoms with Crippen LogP contribution >= 0.6 is 11.6 Å². The number of rotatable bonds is 5. The van der Waals surface area contributed by atoms with Gasteiger partial charge in [-0.25, -0.2) is 9.50 Å². The van der Waals surface area contributed by atoms with Crippen molar-refractivity contribution in [1.29, 1.82) is 0 Å². The maximum Gasteiger partial charge on any atom is 0.166 e. The number of nitrogens with zero attached hydrogens (tertiary/aromatic N) is 3. The van der Waals surface area contributed by atoms with Crippen LogP contribution in [0.15, 0.2) is 54.7 Å². The molecule has 0 saturated carbocycles. The smallest absolute Gasteiger partial charge is 0.166 e. The molecule has 5 rings (SSSR count). The van der Waals surface area contributed by atoms with E-state index in [-0.39, 0.29) is 11.7 Å². The third-order valence-corrected chi connectivity index (χ3v) is 6.14. The molecule has 2 heterocycles. The molecule has 0 fully saturated rings. The molecular formula is C25H22ClN3O3. The Bertz CT molecular complexity index is 1330. The van der Waals surface area contributed by atoms with Gasteiger partial charge in [0.15, 0.2) is 11.4 Å². The Labute approximate surface area is 190 Å². The lowest BCUT2D eigenvalue weighted by molar-refractivity contribution is 0.0962. The van der Waals surface area contributed by atoms with Gasteiger partial charge in [-0.2, -0.15) is 5.10 Å². The third kappa shape index (κ3) is 3.55. The van der Waals surface area contributed by atoms with Gasteiger partial charge in [0.25, 0.3) is 0 Å². The summed E-state index contributed by atoms with van der Waals surface area (Å²) < 4.78 is 12.6. The van der Waals surface area contributed by atoms with Crippen molar-refractivity contribution in [3.63, 3.8) is 0 Å². The molecule has 4 aromatic rings. The van der Waals surface area contributed by atoms with E-state index >= 15 is 0 Å². The number of carbonyl (C=O) groups excluding carboxylic acids is 1. The lowest BCUT2D eigenvalue weighted by Crippen LogP contribution is -2.21. The molecule has 1 aliphatic rings. The Morgan fingerprint density at radius 3 is 2.75 bits per heavy atom. The van der Waals surface area contributed by atoms with E-state index in [9.17, 15) is 4.79 Å². The highest BCUT2D eigenvalue weighted by atomic mass is 35.5. The number of fused-ring (bicyclic) bond motifs is 2. The molecule has 162 valence electrons. The highest BCUT2D eigenvalue weighted by molar-refractivity contribution is 6.30. The Morgan fingerprint density at radius 2 is 1.97 bits per heavy atom. The van der Waals surface area contributed by atoms with E-state index in [1.807, 2.05) is 48.5 Å². The van der Waals surface area contributed by atoms with Gasteiger partial charge in [-0.15, -0.1) is 0 Å². The van der Waals surface area contributed by atoms with E-state index < -0.39 is 0 Å². The lowest BCUT2D eigenvalue weighted by Gasteiger charge is -2.24. The molecule has 2 aromatic carbocycles. The third-order valence-electron chi connectivity index (χ3n) is 5.91. The van der Waals surface area contributed by atoms with Crippen LogP contribution in [0.4, 0.5) is 0 Å². The molecule has 0 spiro atoms. The zero-order valence-corrected chi connectivity index (χ0v) is 18.6. The number of halogens is 1. The van der Waals surface area contributed by atoms with Crippen molar-refractivity contribution >= 4 is 23.0 Å². The van der Waals surface area contributed by atoms with Crippen molar-refractivity contribution < 1.29 is 14.3 Å². The zero-order valence-electron chi connectivity index (χ0n) is 17.8. The lowest BCUT2D eigenvalue weighted by atomic mass is 9.82. The van der Waals surface area contributed by atoms with E-state index in [4.69, 9.17) is 26.1 Å². The van der Waals surface area contributed by atoms with Crippen LogP contribution in [0.1, 0.15) is 39.6 Å². The van der Waals surface area contributed by atoms with Crippen molar-refractivity contribution in [2.45, 2.75) is 25.4 Å². The minimum atomic E-state index is 0.0112. The summed E-state index contributed by atoms with van der Waals surface area (Å²) in [6, 6.07) is 15.5. The minimum Gasteiger partial charge on any atom is -0.496 e. The number of methoxy groups -OCH3 is 2. The van der Waals surface area contributed by atoms with Crippen LogP contribution in [0.2, 0.25) is 5.02 Å². The van der Waals surface area contributed by atoms with Crippen molar-refractivity contribution in [1.82, 2.24) is 14.6 Å². The molecule has 1 unspecified atom stereocenters. The van der Waals surface area contributed by atoms with Gasteiger partial charge in [0.1, 0.15) is 5.75 Å². The number of Topliss-reactive ketones (excluding diaryl/α,β-unsaturated/α-hetero) is 1. The number of ether oxygens (including phenoxy) is 2. The number of hydrogen-bond donors (Lipinski definition) is 0. The summed E-state index contributed by atoms with van der Waals surface area (Å²) in [5, 5.41) is 5.30. The Kier molecular flexibility index (Phi) is 5.41. The average Bonchev–Trinajstić information content (AvgIpc) is 3.15. The van der Waals surface area contributed by atoms with E-state index in [1.165, 1.54) is 0 Å². The van der Waals surface area contributed by atoms with Crippen molar-refractivity contribution in [2.24, 2.45) is 0 Å². The van der Waals surface area contributed by atoms with Crippen LogP contribution in [0.5, 0.6) is 5.75 Å². The van der Waals surface area contributed by atoms with Gasteiger partial charge in [0.05, 0.1) is 36.2 Å². The normalized spacial score (nSPS) is 15.7. The molecule has 1 atom stereocenters. The number of ketones is 1. The standard InChI is InChI=1S/C25H22ClN3O3/c1-31-14-21-24(15-6-5-7-17(26)10-15)25-27-20-11-16(18-8-3-4-9-23(18)32-2)12-22(30)19(20)13-29(25)28-21/h3-10,13,16H,11-12,14H2,1-2H3. The molecule has 0 N–H and O–H groups in total. The highest BCUT2D eigenvalue weighted by Gasteiger charge is 2.30. The number of para-hydroxylation sites is 1. The first kappa shape index (κ1) is 20.7. The first-order valence-corrected chi connectivity index (χ1v) is 10.8. The van der Waals surface area contributed by atoms with Crippen LogP contribution in [0.25, 0.3) is 16.8 Å². The van der Waals surface area contributed by atoms with Gasteiger partial charge in [0.2, 0.25) is 0 Å². The predicted octanol–water partition coefficient (Wildman–Crippen LogP) is 5.12. The number of aromatic nitrogens is 3. The van der Waals surface area contributed by atoms with E-state index in [0.29, 0.717) is 35.7 Å². The summed E-state index contributed by atoms with van der Waals surface area (Å²) in [5.74, 6) is 0.864. The Balaban J connectivity index is 1.66. The maximum atomic E-state index is 13.1. The molecule has 0 bridgehead atoms. The fourth-order valence-electron chi connectivity index (χ4n) is 4.48. The number of carbonyl (C=O) groups is 1. The van der Waals surface area contributed by atoms with Crippen molar-refractivity contribution in [3.05, 3.63) is 82.3 Å². The van der Waals surface area contributed by atoms with Gasteiger partial charge in [0, 0.05) is 30.7 Å². The fourth-order valence-corrected chi connectivity index (χ4v) is 4.67. The van der Waals surface area contributed by atoms with Crippen LogP contribution in [-0.2, 0) is 17.8 Å². The van der Waals surface area contributed by atoms with Gasteiger partial charge in [-0.05, 0) is 35.7 Å². The molecule has 32 heavy (non-hydrogen) atoms. The quantitative estimate of drug-likeness (QED) is 0.425. The zero-order chi connectivity index (χ0) is 22.2. The summed E-state index contributed by atoms with van der Waals surface area (Å²) in [4.78, 5) is 18.0. The van der Waals surface area contributed by atoms with Crippen LogP contribution in [0, 0.1) is 0 Å². The second-order valence-electron chi connectivity index (χ2n) is 7.90. The van der Waals surface area contributed by atoms with Gasteiger partial charge >= 0.3 is 0 Å². The molecule has 0 radical (unpaired) electrons. The van der Waals surface area contributed by atoms with Gasteiger partial charge in [-0.1, -0.05) is 41.9 Å². The van der Waals surface area contributed by atoms with Gasteiger partial charge < -0.3 is 9.47 Å². The summed E-state index contributed by atoms with van der Waals surface area (Å²) in [6.45, 7) is 0.327. The first-order valence-electron chi connectivity index (χ1n) is 10.4. The largest absolute Gasteiger partial charge is 0.496 e. The molecular weight excluding hydrogens is 426 g/mol. The average molecular weight is 448 g/mol. The van der Waals surface area contributed by atoms with Crippen molar-refractivity contribution in [3.8, 4) is 16.9 Å². The van der Waals surface area contributed by atoms with Crippen LogP contribution < -0.4 is 4.74 Å². The number of benzene rings is 2. The SMILES string of the molecule is COCc1nn2cc3c(nc2c1-c1cccc(Cl)c1)CC(c1ccccc1OC)CC3=O.